The van der Waals surface area contributed by atoms with Crippen LogP contribution >= 0.6 is 11.6 Å². The number of carbonyl (C=O) groups excluding carboxylic acids is 1. The van der Waals surface area contributed by atoms with E-state index >= 15 is 4.39 Å². The van der Waals surface area contributed by atoms with Gasteiger partial charge in [-0.1, -0.05) is 11.6 Å². The molecule has 2 fully saturated rings. The number of aryl methyl sites for hydroxylation is 2. The first-order valence-electron chi connectivity index (χ1n) is 13.3. The molecule has 3 aromatic rings. The molecule has 1 saturated carbocycles. The summed E-state index contributed by atoms with van der Waals surface area (Å²) in [6, 6.07) is 7.38. The third-order valence-corrected chi connectivity index (χ3v) is 7.56. The molecule has 10 heteroatoms. The summed E-state index contributed by atoms with van der Waals surface area (Å²) >= 11 is 6.10. The van der Waals surface area contributed by atoms with Crippen molar-refractivity contribution in [2.45, 2.75) is 52.1 Å². The zero-order valence-corrected chi connectivity index (χ0v) is 22.7. The number of imidazole rings is 1. The molecule has 0 spiro atoms. The van der Waals surface area contributed by atoms with Crippen LogP contribution in [0, 0.1) is 18.7 Å². The van der Waals surface area contributed by atoms with Crippen molar-refractivity contribution < 1.29 is 18.8 Å². The maximum Gasteiger partial charge on any atom is 0.277 e. The van der Waals surface area contributed by atoms with Gasteiger partial charge in [0.05, 0.1) is 42.9 Å². The van der Waals surface area contributed by atoms with Crippen molar-refractivity contribution in [2.24, 2.45) is 5.92 Å². The number of aromatic nitrogens is 2. The number of hydrogen-bond donors (Lipinski definition) is 2. The van der Waals surface area contributed by atoms with Crippen LogP contribution in [0.25, 0.3) is 11.0 Å². The lowest BCUT2D eigenvalue weighted by Crippen LogP contribution is -2.43. The van der Waals surface area contributed by atoms with Crippen molar-refractivity contribution >= 4 is 39.9 Å². The minimum Gasteiger partial charge on any atom is -0.379 e. The van der Waals surface area contributed by atoms with E-state index in [9.17, 15) is 4.79 Å². The topological polar surface area (TPSA) is 80.7 Å². The van der Waals surface area contributed by atoms with Crippen LogP contribution in [0.1, 0.15) is 48.5 Å². The molecule has 2 N–H and O–H groups in total. The molecule has 1 aromatic heterocycles. The maximum atomic E-state index is 15.9. The minimum absolute atomic E-state index is 0.0574. The second-order valence-corrected chi connectivity index (χ2v) is 10.8. The fourth-order valence-electron chi connectivity index (χ4n) is 4.79. The Kier molecular flexibility index (Phi) is 8.48. The summed E-state index contributed by atoms with van der Waals surface area (Å²) < 4.78 is 23.4. The number of nitrogens with one attached hydrogen (secondary N) is 2. The van der Waals surface area contributed by atoms with Gasteiger partial charge in [-0.2, -0.15) is 0 Å². The van der Waals surface area contributed by atoms with Crippen LogP contribution < -0.4 is 10.8 Å². The number of benzene rings is 2. The average Bonchev–Trinajstić information content (AvgIpc) is 3.63. The average molecular weight is 544 g/mol. The Bertz CT molecular complexity index is 1300. The van der Waals surface area contributed by atoms with Gasteiger partial charge in [0.25, 0.3) is 5.91 Å². The molecule has 2 aromatic carbocycles. The summed E-state index contributed by atoms with van der Waals surface area (Å²) in [7, 11) is 0. The lowest BCUT2D eigenvalue weighted by Gasteiger charge is -2.33. The Balaban J connectivity index is 1.37. The van der Waals surface area contributed by atoms with E-state index in [-0.39, 0.29) is 16.8 Å². The molecule has 1 aliphatic carbocycles. The monoisotopic (exact) mass is 543 g/mol. The van der Waals surface area contributed by atoms with Crippen molar-refractivity contribution in [1.29, 1.82) is 0 Å². The smallest absolute Gasteiger partial charge is 0.277 e. The van der Waals surface area contributed by atoms with Gasteiger partial charge in [-0.05, 0) is 81.8 Å². The normalized spacial score (nSPS) is 18.2. The number of amides is 1. The number of hydrogen-bond acceptors (Lipinski definition) is 6. The Morgan fingerprint density at radius 3 is 2.84 bits per heavy atom. The molecular weight excluding hydrogens is 509 g/mol. The van der Waals surface area contributed by atoms with Crippen LogP contribution in [0.5, 0.6) is 0 Å². The van der Waals surface area contributed by atoms with Gasteiger partial charge in [0, 0.05) is 29.8 Å². The van der Waals surface area contributed by atoms with Crippen molar-refractivity contribution in [1.82, 2.24) is 19.9 Å². The van der Waals surface area contributed by atoms with Gasteiger partial charge >= 0.3 is 0 Å². The van der Waals surface area contributed by atoms with Crippen LogP contribution in [-0.2, 0) is 16.1 Å². The molecule has 204 valence electrons. The minimum atomic E-state index is -0.579. The highest BCUT2D eigenvalue weighted by atomic mass is 35.5. The number of morpholine rings is 1. The van der Waals surface area contributed by atoms with Gasteiger partial charge in [0.15, 0.2) is 5.82 Å². The van der Waals surface area contributed by atoms with E-state index < -0.39 is 11.7 Å². The first-order valence-corrected chi connectivity index (χ1v) is 13.7. The van der Waals surface area contributed by atoms with E-state index in [2.05, 4.69) is 27.6 Å². The van der Waals surface area contributed by atoms with Crippen molar-refractivity contribution in [3.63, 3.8) is 0 Å². The number of ether oxygens (including phenoxy) is 1. The molecule has 2 heterocycles. The Hall–Kier alpha value is -2.72. The van der Waals surface area contributed by atoms with Gasteiger partial charge in [0.1, 0.15) is 5.52 Å². The summed E-state index contributed by atoms with van der Waals surface area (Å²) in [5.74, 6) is -0.606. The SMILES string of the molecule is Cc1cc(Cl)ccc1Nc1c(C(=O)NOCC2CC2)cc2c(ncn2CCCCN2CCOC[C@@H]2C)c1F. The van der Waals surface area contributed by atoms with Crippen molar-refractivity contribution in [2.75, 3.05) is 38.2 Å². The third-order valence-electron chi connectivity index (χ3n) is 7.33. The summed E-state index contributed by atoms with van der Waals surface area (Å²) in [6.45, 7) is 8.67. The summed E-state index contributed by atoms with van der Waals surface area (Å²) in [5.41, 5.74) is 4.99. The van der Waals surface area contributed by atoms with Gasteiger partial charge < -0.3 is 14.6 Å². The number of anilines is 2. The quantitative estimate of drug-likeness (QED) is 0.247. The molecular formula is C28H35ClFN5O3. The summed E-state index contributed by atoms with van der Waals surface area (Å²) in [6.07, 6.45) is 5.76. The highest BCUT2D eigenvalue weighted by Gasteiger charge is 2.25. The summed E-state index contributed by atoms with van der Waals surface area (Å²) in [4.78, 5) is 25.4. The third kappa shape index (κ3) is 6.29. The molecule has 2 aliphatic rings. The fourth-order valence-corrected chi connectivity index (χ4v) is 5.02. The first kappa shape index (κ1) is 26.9. The predicted molar refractivity (Wildman–Crippen MR) is 146 cm³/mol. The summed E-state index contributed by atoms with van der Waals surface area (Å²) in [5, 5.41) is 3.69. The van der Waals surface area contributed by atoms with Crippen molar-refractivity contribution in [3.05, 3.63) is 52.6 Å². The molecule has 5 rings (SSSR count). The van der Waals surface area contributed by atoms with Crippen LogP contribution in [0.4, 0.5) is 15.8 Å². The first-order chi connectivity index (χ1) is 18.4. The van der Waals surface area contributed by atoms with Crippen molar-refractivity contribution in [3.8, 4) is 0 Å². The number of halogens is 2. The molecule has 0 radical (unpaired) electrons. The largest absolute Gasteiger partial charge is 0.379 e. The Morgan fingerprint density at radius 1 is 1.26 bits per heavy atom. The molecule has 38 heavy (non-hydrogen) atoms. The van der Waals surface area contributed by atoms with E-state index in [0.29, 0.717) is 41.3 Å². The number of unbranched alkanes of at least 4 members (excludes halogenated alkanes) is 1. The second-order valence-electron chi connectivity index (χ2n) is 10.4. The lowest BCUT2D eigenvalue weighted by molar-refractivity contribution is -0.000957. The van der Waals surface area contributed by atoms with Crippen LogP contribution in [0.2, 0.25) is 5.02 Å². The molecule has 1 atom stereocenters. The molecule has 8 nitrogen and oxygen atoms in total. The molecule has 0 unspecified atom stereocenters. The number of hydroxylamine groups is 1. The van der Waals surface area contributed by atoms with Gasteiger partial charge in [0.2, 0.25) is 0 Å². The lowest BCUT2D eigenvalue weighted by atomic mass is 10.1. The van der Waals surface area contributed by atoms with E-state index in [1.165, 1.54) is 0 Å². The number of rotatable bonds is 11. The van der Waals surface area contributed by atoms with Crippen LogP contribution in [0.15, 0.2) is 30.6 Å². The number of nitrogens with zero attached hydrogens (tertiary/aromatic N) is 3. The Morgan fingerprint density at radius 2 is 2.08 bits per heavy atom. The predicted octanol–water partition coefficient (Wildman–Crippen LogP) is 5.45. The molecule has 1 saturated heterocycles. The van der Waals surface area contributed by atoms with E-state index in [1.807, 2.05) is 11.5 Å². The molecule has 1 aliphatic heterocycles. The standard InChI is InChI=1S/C28H35ClFN5O3/c1-18-13-21(29)7-8-23(18)32-26-22(28(36)33-38-16-20-5-6-20)14-24-27(25(26)30)31-17-35(24)10-4-3-9-34-11-12-37-15-19(34)2/h7-8,13-14,17,19-20,32H,3-6,9-12,15-16H2,1-2H3,(H,33,36)/t19-/m0/s1. The highest BCUT2D eigenvalue weighted by Crippen LogP contribution is 2.33. The zero-order valence-electron chi connectivity index (χ0n) is 21.9. The molecule has 0 bridgehead atoms. The maximum absolute atomic E-state index is 15.9. The van der Waals surface area contributed by atoms with Gasteiger partial charge in [-0.25, -0.2) is 14.9 Å². The highest BCUT2D eigenvalue weighted by molar-refractivity contribution is 6.30. The number of fused-ring (bicyclic) bond motifs is 1. The molecule has 1 amide bonds. The van der Waals surface area contributed by atoms with E-state index in [1.54, 1.807) is 30.6 Å². The van der Waals surface area contributed by atoms with E-state index in [0.717, 1.165) is 57.6 Å². The Labute approximate surface area is 227 Å². The number of carbonyl (C=O) groups is 1. The van der Waals surface area contributed by atoms with Crippen LogP contribution in [-0.4, -0.2) is 59.3 Å². The fraction of sp³-hybridized carbons (Fsp3) is 0.500. The zero-order chi connectivity index (χ0) is 26.6. The second kappa shape index (κ2) is 12.0. The van der Waals surface area contributed by atoms with Gasteiger partial charge in [-0.3, -0.25) is 14.5 Å². The van der Waals surface area contributed by atoms with Gasteiger partial charge in [-0.15, -0.1) is 0 Å². The van der Waals surface area contributed by atoms with E-state index in [4.69, 9.17) is 21.2 Å². The van der Waals surface area contributed by atoms with Crippen LogP contribution in [0.3, 0.4) is 0 Å².